The van der Waals surface area contributed by atoms with Gasteiger partial charge in [0, 0.05) is 18.0 Å². The quantitative estimate of drug-likeness (QED) is 0.830. The van der Waals surface area contributed by atoms with Gasteiger partial charge in [0.1, 0.15) is 5.82 Å². The van der Waals surface area contributed by atoms with Crippen LogP contribution in [0.4, 0.5) is 4.39 Å². The molecule has 0 bridgehead atoms. The van der Waals surface area contributed by atoms with E-state index < -0.39 is 0 Å². The van der Waals surface area contributed by atoms with Crippen molar-refractivity contribution in [3.63, 3.8) is 0 Å². The average Bonchev–Trinajstić information content (AvgIpc) is 2.33. The predicted molar refractivity (Wildman–Crippen MR) is 58.5 cm³/mol. The summed E-state index contributed by atoms with van der Waals surface area (Å²) in [5.74, 6) is -0.290. The maximum absolute atomic E-state index is 13.3. The van der Waals surface area contributed by atoms with Crippen LogP contribution in [0.15, 0.2) is 46.7 Å². The minimum atomic E-state index is -0.290. The molecule has 16 heavy (non-hydrogen) atoms. The van der Waals surface area contributed by atoms with E-state index in [1.807, 2.05) is 0 Å². The number of aliphatic hydroxyl groups excluding tert-OH is 1. The number of benzene rings is 1. The molecule has 2 aromatic rings. The van der Waals surface area contributed by atoms with Crippen LogP contribution in [0.5, 0.6) is 0 Å². The van der Waals surface area contributed by atoms with Crippen LogP contribution in [-0.4, -0.2) is 15.1 Å². The standard InChI is InChI=1S/C11H9FN2OS/c12-9-3-1-2-4-10(9)16-11-13-5-8(7-15)6-14-11/h1-6,15H,7H2. The Labute approximate surface area is 96.4 Å². The highest BCUT2D eigenvalue weighted by Gasteiger charge is 2.05. The fraction of sp³-hybridized carbons (Fsp3) is 0.0909. The van der Waals surface area contributed by atoms with Gasteiger partial charge >= 0.3 is 0 Å². The molecule has 0 aliphatic rings. The minimum absolute atomic E-state index is 0.0926. The first-order valence-electron chi connectivity index (χ1n) is 4.64. The molecule has 0 atom stereocenters. The number of hydrogen-bond acceptors (Lipinski definition) is 4. The lowest BCUT2D eigenvalue weighted by atomic mass is 10.3. The van der Waals surface area contributed by atoms with Crippen molar-refractivity contribution in [2.45, 2.75) is 16.7 Å². The molecule has 2 rings (SSSR count). The summed E-state index contributed by atoms with van der Waals surface area (Å²) in [5.41, 5.74) is 0.637. The van der Waals surface area contributed by atoms with Crippen LogP contribution in [0.1, 0.15) is 5.56 Å². The van der Waals surface area contributed by atoms with Gasteiger partial charge < -0.3 is 5.11 Å². The summed E-state index contributed by atoms with van der Waals surface area (Å²) >= 11 is 1.15. The largest absolute Gasteiger partial charge is 0.392 e. The summed E-state index contributed by atoms with van der Waals surface area (Å²) < 4.78 is 13.3. The van der Waals surface area contributed by atoms with E-state index in [0.717, 1.165) is 11.8 Å². The van der Waals surface area contributed by atoms with Gasteiger partial charge in [-0.25, -0.2) is 14.4 Å². The summed E-state index contributed by atoms with van der Waals surface area (Å²) in [6, 6.07) is 6.45. The van der Waals surface area contributed by atoms with Gasteiger partial charge in [0.15, 0.2) is 5.16 Å². The molecule has 0 saturated heterocycles. The lowest BCUT2D eigenvalue weighted by Crippen LogP contribution is -1.91. The third kappa shape index (κ3) is 2.56. The van der Waals surface area contributed by atoms with E-state index in [1.165, 1.54) is 18.5 Å². The zero-order valence-electron chi connectivity index (χ0n) is 8.30. The molecule has 0 fully saturated rings. The van der Waals surface area contributed by atoms with Gasteiger partial charge in [0.25, 0.3) is 0 Å². The van der Waals surface area contributed by atoms with Crippen LogP contribution in [0.2, 0.25) is 0 Å². The first-order valence-corrected chi connectivity index (χ1v) is 5.45. The summed E-state index contributed by atoms with van der Waals surface area (Å²) in [6.07, 6.45) is 3.05. The fourth-order valence-corrected chi connectivity index (χ4v) is 1.82. The smallest absolute Gasteiger partial charge is 0.192 e. The Kier molecular flexibility index (Phi) is 3.48. The molecule has 82 valence electrons. The Morgan fingerprint density at radius 3 is 2.50 bits per heavy atom. The van der Waals surface area contributed by atoms with Gasteiger partial charge in [-0.3, -0.25) is 0 Å². The van der Waals surface area contributed by atoms with Crippen molar-refractivity contribution in [1.29, 1.82) is 0 Å². The molecule has 3 nitrogen and oxygen atoms in total. The van der Waals surface area contributed by atoms with Gasteiger partial charge in [0.05, 0.1) is 11.5 Å². The third-order valence-corrected chi connectivity index (χ3v) is 2.85. The molecular weight excluding hydrogens is 227 g/mol. The Morgan fingerprint density at radius 1 is 1.19 bits per heavy atom. The number of rotatable bonds is 3. The zero-order chi connectivity index (χ0) is 11.4. The number of aliphatic hydroxyl groups is 1. The van der Waals surface area contributed by atoms with Crippen molar-refractivity contribution in [3.05, 3.63) is 48.0 Å². The Morgan fingerprint density at radius 2 is 1.88 bits per heavy atom. The number of nitrogens with zero attached hydrogens (tertiary/aromatic N) is 2. The van der Waals surface area contributed by atoms with Crippen molar-refractivity contribution < 1.29 is 9.50 Å². The first-order chi connectivity index (χ1) is 7.79. The third-order valence-electron chi connectivity index (χ3n) is 1.90. The normalized spacial score (nSPS) is 10.4. The highest BCUT2D eigenvalue weighted by atomic mass is 32.2. The second-order valence-corrected chi connectivity index (χ2v) is 4.07. The molecule has 1 heterocycles. The van der Waals surface area contributed by atoms with Crippen LogP contribution in [0.25, 0.3) is 0 Å². The molecule has 0 unspecified atom stereocenters. The summed E-state index contributed by atoms with van der Waals surface area (Å²) in [5, 5.41) is 9.28. The van der Waals surface area contributed by atoms with Crippen LogP contribution in [0, 0.1) is 5.82 Å². The van der Waals surface area contributed by atoms with E-state index in [1.54, 1.807) is 18.2 Å². The highest BCUT2D eigenvalue weighted by Crippen LogP contribution is 2.26. The Bertz CT molecular complexity index is 476. The fourth-order valence-electron chi connectivity index (χ4n) is 1.10. The van der Waals surface area contributed by atoms with Gasteiger partial charge in [-0.15, -0.1) is 0 Å². The molecule has 0 amide bonds. The predicted octanol–water partition coefficient (Wildman–Crippen LogP) is 2.26. The second-order valence-electron chi connectivity index (χ2n) is 3.06. The van der Waals surface area contributed by atoms with E-state index in [0.29, 0.717) is 15.6 Å². The molecule has 0 saturated carbocycles. The lowest BCUT2D eigenvalue weighted by molar-refractivity contribution is 0.280. The van der Waals surface area contributed by atoms with E-state index in [9.17, 15) is 4.39 Å². The average molecular weight is 236 g/mol. The summed E-state index contributed by atoms with van der Waals surface area (Å²) in [7, 11) is 0. The summed E-state index contributed by atoms with van der Waals surface area (Å²) in [4.78, 5) is 8.51. The van der Waals surface area contributed by atoms with E-state index >= 15 is 0 Å². The van der Waals surface area contributed by atoms with Gasteiger partial charge in [-0.1, -0.05) is 12.1 Å². The monoisotopic (exact) mass is 236 g/mol. The van der Waals surface area contributed by atoms with Crippen molar-refractivity contribution in [1.82, 2.24) is 9.97 Å². The lowest BCUT2D eigenvalue weighted by Gasteiger charge is -2.01. The summed E-state index contributed by atoms with van der Waals surface area (Å²) in [6.45, 7) is -0.0926. The van der Waals surface area contributed by atoms with Crippen LogP contribution < -0.4 is 0 Å². The SMILES string of the molecule is OCc1cnc(Sc2ccccc2F)nc1. The molecule has 1 aromatic heterocycles. The molecule has 1 aromatic carbocycles. The van der Waals surface area contributed by atoms with Gasteiger partial charge in [-0.05, 0) is 23.9 Å². The topological polar surface area (TPSA) is 46.0 Å². The molecule has 5 heteroatoms. The first kappa shape index (κ1) is 11.0. The van der Waals surface area contributed by atoms with E-state index in [-0.39, 0.29) is 12.4 Å². The van der Waals surface area contributed by atoms with Crippen molar-refractivity contribution in [2.75, 3.05) is 0 Å². The maximum Gasteiger partial charge on any atom is 0.192 e. The van der Waals surface area contributed by atoms with Crippen LogP contribution in [0.3, 0.4) is 0 Å². The molecular formula is C11H9FN2OS. The second kappa shape index (κ2) is 5.05. The van der Waals surface area contributed by atoms with Crippen LogP contribution in [-0.2, 0) is 6.61 Å². The van der Waals surface area contributed by atoms with Crippen molar-refractivity contribution in [3.8, 4) is 0 Å². The molecule has 1 N–H and O–H groups in total. The van der Waals surface area contributed by atoms with E-state index in [2.05, 4.69) is 9.97 Å². The zero-order valence-corrected chi connectivity index (χ0v) is 9.12. The van der Waals surface area contributed by atoms with Crippen molar-refractivity contribution in [2.24, 2.45) is 0 Å². The molecule has 0 aliphatic carbocycles. The molecule has 0 radical (unpaired) electrons. The highest BCUT2D eigenvalue weighted by molar-refractivity contribution is 7.99. The minimum Gasteiger partial charge on any atom is -0.392 e. The number of hydrogen-bond donors (Lipinski definition) is 1. The molecule has 0 spiro atoms. The van der Waals surface area contributed by atoms with Gasteiger partial charge in [0.2, 0.25) is 0 Å². The number of aromatic nitrogens is 2. The maximum atomic E-state index is 13.3. The Hall–Kier alpha value is -1.46. The van der Waals surface area contributed by atoms with Gasteiger partial charge in [-0.2, -0.15) is 0 Å². The molecule has 0 aliphatic heterocycles. The Balaban J connectivity index is 2.18. The van der Waals surface area contributed by atoms with Crippen molar-refractivity contribution >= 4 is 11.8 Å². The van der Waals surface area contributed by atoms with E-state index in [4.69, 9.17) is 5.11 Å². The van der Waals surface area contributed by atoms with Crippen LogP contribution >= 0.6 is 11.8 Å². The number of halogens is 1.